The molecule has 1 heterocycles. The molecule has 1 aliphatic heterocycles. The number of amides is 1. The summed E-state index contributed by atoms with van der Waals surface area (Å²) in [6.45, 7) is 3.82. The van der Waals surface area contributed by atoms with Crippen molar-refractivity contribution < 1.29 is 35.3 Å². The molecule has 0 aliphatic carbocycles. The molecule has 1 atom stereocenters. The summed E-state index contributed by atoms with van der Waals surface area (Å²) in [6.07, 6.45) is -3.58. The van der Waals surface area contributed by atoms with E-state index >= 15 is 0 Å². The molecule has 0 aromatic heterocycles. The Bertz CT molecular complexity index is 1300. The summed E-state index contributed by atoms with van der Waals surface area (Å²) in [4.78, 5) is 14.8. The molecule has 1 aliphatic rings. The van der Waals surface area contributed by atoms with Crippen LogP contribution in [0.5, 0.6) is 5.75 Å². The molecule has 2 aromatic rings. The molecule has 6 nitrogen and oxygen atoms in total. The van der Waals surface area contributed by atoms with Gasteiger partial charge < -0.3 is 9.64 Å². The summed E-state index contributed by atoms with van der Waals surface area (Å²) < 4.78 is 73.4. The van der Waals surface area contributed by atoms with Crippen LogP contribution >= 0.6 is 34.8 Å². The summed E-state index contributed by atoms with van der Waals surface area (Å²) in [5.74, 6) is 0.397. The number of ether oxygens (including phenoxy) is 1. The van der Waals surface area contributed by atoms with Gasteiger partial charge in [0.2, 0.25) is 9.70 Å². The van der Waals surface area contributed by atoms with E-state index < -0.39 is 36.6 Å². The highest BCUT2D eigenvalue weighted by atomic mass is 35.6. The van der Waals surface area contributed by atoms with Crippen molar-refractivity contribution in [2.24, 2.45) is 0 Å². The van der Waals surface area contributed by atoms with Gasteiger partial charge in [-0.05, 0) is 56.0 Å². The fourth-order valence-electron chi connectivity index (χ4n) is 4.70. The van der Waals surface area contributed by atoms with Crippen molar-refractivity contribution in [3.05, 3.63) is 64.7 Å². The van der Waals surface area contributed by atoms with Gasteiger partial charge in [-0.3, -0.25) is 8.98 Å². The lowest BCUT2D eigenvalue weighted by atomic mass is 9.76. The van der Waals surface area contributed by atoms with Crippen molar-refractivity contribution in [1.82, 2.24) is 4.90 Å². The first-order valence-electron chi connectivity index (χ1n) is 12.1. The van der Waals surface area contributed by atoms with Crippen LogP contribution in [0, 0.1) is 0 Å². The average Bonchev–Trinajstić information content (AvgIpc) is 3.22. The minimum absolute atomic E-state index is 0.0427. The van der Waals surface area contributed by atoms with Gasteiger partial charge in [-0.15, -0.1) is 0 Å². The van der Waals surface area contributed by atoms with Crippen molar-refractivity contribution in [1.29, 1.82) is 0 Å². The standard InChI is InChI=1S/C26H29Cl3F3NO5S/c1-17(2)38-20-6-4-5-18(13-20)14-23(34)33-11-9-24(16-33,10-12-37-39(3,35)36)19-7-8-21(25(27,28)29)22(15-19)26(30,31)32/h4-8,13,15,17H,9-12,14,16H2,1-3H3/t24-/m1/s1. The van der Waals surface area contributed by atoms with Crippen molar-refractivity contribution in [3.8, 4) is 5.75 Å². The minimum Gasteiger partial charge on any atom is -0.491 e. The Morgan fingerprint density at radius 3 is 2.38 bits per heavy atom. The highest BCUT2D eigenvalue weighted by Crippen LogP contribution is 2.47. The summed E-state index contributed by atoms with van der Waals surface area (Å²) in [5.41, 5.74) is -1.69. The quantitative estimate of drug-likeness (QED) is 0.237. The molecule has 1 amide bonds. The fraction of sp³-hybridized carbons (Fsp3) is 0.500. The molecular formula is C26H29Cl3F3NO5S. The van der Waals surface area contributed by atoms with Gasteiger partial charge in [0.1, 0.15) is 5.75 Å². The molecule has 1 saturated heterocycles. The summed E-state index contributed by atoms with van der Waals surface area (Å²) in [5, 5.41) is 0. The van der Waals surface area contributed by atoms with Gasteiger partial charge in [0.15, 0.2) is 0 Å². The van der Waals surface area contributed by atoms with Gasteiger partial charge >= 0.3 is 6.18 Å². The number of likely N-dealkylation sites (tertiary alicyclic amines) is 1. The van der Waals surface area contributed by atoms with Crippen LogP contribution in [0.1, 0.15) is 48.9 Å². The van der Waals surface area contributed by atoms with Gasteiger partial charge in [-0.2, -0.15) is 21.6 Å². The van der Waals surface area contributed by atoms with Gasteiger partial charge in [-0.25, -0.2) is 0 Å². The zero-order chi connectivity index (χ0) is 29.2. The zero-order valence-corrected chi connectivity index (χ0v) is 24.6. The van der Waals surface area contributed by atoms with Crippen LogP contribution < -0.4 is 4.74 Å². The van der Waals surface area contributed by atoms with E-state index in [9.17, 15) is 26.4 Å². The number of hydrogen-bond donors (Lipinski definition) is 0. The topological polar surface area (TPSA) is 72.9 Å². The molecule has 0 spiro atoms. The van der Waals surface area contributed by atoms with Crippen molar-refractivity contribution in [2.75, 3.05) is 26.0 Å². The number of carbonyl (C=O) groups is 1. The molecule has 0 saturated carbocycles. The summed E-state index contributed by atoms with van der Waals surface area (Å²) in [7, 11) is -3.79. The van der Waals surface area contributed by atoms with Crippen LogP contribution in [0.25, 0.3) is 0 Å². The minimum atomic E-state index is -4.82. The molecule has 0 bridgehead atoms. The first kappa shape index (κ1) is 31.8. The van der Waals surface area contributed by atoms with Gasteiger partial charge in [0.05, 0.1) is 31.0 Å². The van der Waals surface area contributed by atoms with E-state index in [0.717, 1.165) is 24.0 Å². The van der Waals surface area contributed by atoms with Crippen LogP contribution in [-0.4, -0.2) is 51.3 Å². The third kappa shape index (κ3) is 8.63. The third-order valence-corrected chi connectivity index (χ3v) is 7.66. The number of alkyl halides is 6. The largest absolute Gasteiger partial charge is 0.491 e. The van der Waals surface area contributed by atoms with Crippen molar-refractivity contribution in [3.63, 3.8) is 0 Å². The second kappa shape index (κ2) is 12.0. The van der Waals surface area contributed by atoms with E-state index in [2.05, 4.69) is 0 Å². The maximum atomic E-state index is 14.0. The number of benzene rings is 2. The van der Waals surface area contributed by atoms with Crippen LogP contribution in [0.15, 0.2) is 42.5 Å². The molecule has 13 heteroatoms. The molecule has 0 N–H and O–H groups in total. The second-order valence-electron chi connectivity index (χ2n) is 9.87. The fourth-order valence-corrected chi connectivity index (χ4v) is 5.58. The highest BCUT2D eigenvalue weighted by Gasteiger charge is 2.45. The third-order valence-electron chi connectivity index (χ3n) is 6.45. The molecule has 0 radical (unpaired) electrons. The summed E-state index contributed by atoms with van der Waals surface area (Å²) in [6, 6.07) is 10.6. The Hall–Kier alpha value is -1.72. The molecule has 2 aromatic carbocycles. The highest BCUT2D eigenvalue weighted by molar-refractivity contribution is 7.85. The molecule has 39 heavy (non-hydrogen) atoms. The van der Waals surface area contributed by atoms with E-state index in [4.69, 9.17) is 43.7 Å². The van der Waals surface area contributed by atoms with E-state index in [1.165, 1.54) is 6.07 Å². The van der Waals surface area contributed by atoms with Gasteiger partial charge in [0.25, 0.3) is 10.1 Å². The van der Waals surface area contributed by atoms with Crippen molar-refractivity contribution >= 4 is 50.8 Å². The van der Waals surface area contributed by atoms with Gasteiger partial charge in [0, 0.05) is 24.1 Å². The van der Waals surface area contributed by atoms with Crippen LogP contribution in [0.4, 0.5) is 13.2 Å². The first-order valence-corrected chi connectivity index (χ1v) is 15.0. The Morgan fingerprint density at radius 1 is 1.10 bits per heavy atom. The van der Waals surface area contributed by atoms with E-state index in [1.807, 2.05) is 13.8 Å². The zero-order valence-electron chi connectivity index (χ0n) is 21.5. The van der Waals surface area contributed by atoms with E-state index in [1.54, 1.807) is 29.2 Å². The first-order chi connectivity index (χ1) is 17.9. The number of halogens is 6. The Balaban J connectivity index is 1.92. The lowest BCUT2D eigenvalue weighted by Gasteiger charge is -2.31. The average molecular weight is 631 g/mol. The van der Waals surface area contributed by atoms with Crippen LogP contribution in [-0.2, 0) is 40.9 Å². The second-order valence-corrected chi connectivity index (χ2v) is 13.8. The molecule has 0 unspecified atom stereocenters. The predicted molar refractivity (Wildman–Crippen MR) is 145 cm³/mol. The Kier molecular flexibility index (Phi) is 9.81. The number of hydrogen-bond acceptors (Lipinski definition) is 5. The van der Waals surface area contributed by atoms with Gasteiger partial charge in [-0.1, -0.05) is 59.1 Å². The van der Waals surface area contributed by atoms with E-state index in [-0.39, 0.29) is 56.5 Å². The number of nitrogens with zero attached hydrogens (tertiary/aromatic N) is 1. The molecule has 216 valence electrons. The molecular weight excluding hydrogens is 602 g/mol. The Morgan fingerprint density at radius 2 is 1.79 bits per heavy atom. The van der Waals surface area contributed by atoms with E-state index in [0.29, 0.717) is 5.75 Å². The molecule has 3 rings (SSSR count). The SMILES string of the molecule is CC(C)Oc1cccc(CC(=O)N2CC[C@](CCOS(C)(=O)=O)(c3ccc(C(Cl)(Cl)Cl)c(C(F)(F)F)c3)C2)c1. The monoisotopic (exact) mass is 629 g/mol. The van der Waals surface area contributed by atoms with Crippen LogP contribution in [0.2, 0.25) is 0 Å². The molecule has 1 fully saturated rings. The maximum Gasteiger partial charge on any atom is 0.416 e. The maximum absolute atomic E-state index is 14.0. The smallest absolute Gasteiger partial charge is 0.416 e. The Labute approximate surface area is 241 Å². The number of carbonyl (C=O) groups excluding carboxylic acids is 1. The lowest BCUT2D eigenvalue weighted by molar-refractivity contribution is -0.138. The lowest BCUT2D eigenvalue weighted by Crippen LogP contribution is -2.36. The number of rotatable bonds is 9. The van der Waals surface area contributed by atoms with Crippen molar-refractivity contribution in [2.45, 2.75) is 54.6 Å². The predicted octanol–water partition coefficient (Wildman–Crippen LogP) is 6.40. The van der Waals surface area contributed by atoms with Crippen LogP contribution in [0.3, 0.4) is 0 Å². The summed E-state index contributed by atoms with van der Waals surface area (Å²) >= 11 is 17.4. The normalized spacial score (nSPS) is 18.6.